The maximum absolute atomic E-state index is 12.0. The van der Waals surface area contributed by atoms with E-state index in [0.29, 0.717) is 13.2 Å². The van der Waals surface area contributed by atoms with E-state index in [1.165, 1.54) is 20.8 Å². The Hall–Kier alpha value is -2.48. The lowest BCUT2D eigenvalue weighted by Crippen LogP contribution is -2.66. The van der Waals surface area contributed by atoms with Crippen molar-refractivity contribution in [1.29, 1.82) is 5.26 Å². The number of amides is 1. The van der Waals surface area contributed by atoms with Gasteiger partial charge in [-0.05, 0) is 27.7 Å². The van der Waals surface area contributed by atoms with Crippen LogP contribution < -0.4 is 5.32 Å². The fourth-order valence-electron chi connectivity index (χ4n) is 4.47. The second-order valence-electron chi connectivity index (χ2n) is 10.7. The van der Waals surface area contributed by atoms with Gasteiger partial charge < -0.3 is 47.5 Å². The highest BCUT2D eigenvalue weighted by molar-refractivity contribution is 7.44. The van der Waals surface area contributed by atoms with Gasteiger partial charge in [0.15, 0.2) is 18.5 Å². The van der Waals surface area contributed by atoms with Gasteiger partial charge in [0.1, 0.15) is 18.8 Å². The minimum absolute atomic E-state index is 0.0136. The molecule has 17 heteroatoms. The van der Waals surface area contributed by atoms with Crippen LogP contribution in [0.5, 0.6) is 0 Å². The molecule has 1 rings (SSSR count). The normalized spacial score (nSPS) is 21.9. The summed E-state index contributed by atoms with van der Waals surface area (Å²) in [7, 11) is -1.35. The van der Waals surface area contributed by atoms with Crippen molar-refractivity contribution in [2.45, 2.75) is 105 Å². The SMILES string of the molecule is CC(=O)N[C@H]1[C@H](OCCOCCOCCOP(OCCC#N)N(C(C)C)C(C)C)O[C@H](COC(C)=O)[C@H](OC(C)=O)[C@@H]1OC(C)=O. The lowest BCUT2D eigenvalue weighted by molar-refractivity contribution is -0.279. The smallest absolute Gasteiger partial charge is 0.303 e. The predicted molar refractivity (Wildman–Crippen MR) is 163 cm³/mol. The number of nitriles is 1. The van der Waals surface area contributed by atoms with Crippen molar-refractivity contribution in [2.75, 3.05) is 52.9 Å². The first-order valence-electron chi connectivity index (χ1n) is 15.2. The Labute approximate surface area is 272 Å². The predicted octanol–water partition coefficient (Wildman–Crippen LogP) is 1.98. The molecular formula is C29H50N3O13P. The van der Waals surface area contributed by atoms with Crippen molar-refractivity contribution in [3.8, 4) is 6.07 Å². The molecule has 1 N–H and O–H groups in total. The zero-order valence-corrected chi connectivity index (χ0v) is 28.9. The molecule has 1 aliphatic heterocycles. The maximum atomic E-state index is 12.0. The Balaban J connectivity index is 2.65. The van der Waals surface area contributed by atoms with E-state index in [0.717, 1.165) is 6.92 Å². The van der Waals surface area contributed by atoms with Crippen molar-refractivity contribution < 1.29 is 61.4 Å². The number of hydrogen-bond acceptors (Lipinski definition) is 15. The molecule has 1 aliphatic rings. The van der Waals surface area contributed by atoms with Crippen molar-refractivity contribution >= 4 is 32.3 Å². The maximum Gasteiger partial charge on any atom is 0.303 e. The molecule has 1 unspecified atom stereocenters. The summed E-state index contributed by atoms with van der Waals surface area (Å²) in [5, 5.41) is 11.5. The Morgan fingerprint density at radius 3 is 1.87 bits per heavy atom. The summed E-state index contributed by atoms with van der Waals surface area (Å²) in [4.78, 5) is 47.3. The summed E-state index contributed by atoms with van der Waals surface area (Å²) in [5.41, 5.74) is 0. The van der Waals surface area contributed by atoms with Gasteiger partial charge in [-0.15, -0.1) is 0 Å². The number of rotatable bonds is 22. The number of nitrogens with one attached hydrogen (secondary N) is 1. The third-order valence-electron chi connectivity index (χ3n) is 6.04. The average molecular weight is 680 g/mol. The molecule has 6 atom stereocenters. The second-order valence-corrected chi connectivity index (χ2v) is 12.1. The molecule has 1 fully saturated rings. The third-order valence-corrected chi connectivity index (χ3v) is 8.15. The molecule has 0 aliphatic carbocycles. The molecule has 0 aromatic carbocycles. The van der Waals surface area contributed by atoms with E-state index in [9.17, 15) is 19.2 Å². The molecule has 0 saturated carbocycles. The highest BCUT2D eigenvalue weighted by Gasteiger charge is 2.51. The Kier molecular flexibility index (Phi) is 20.7. The molecular weight excluding hydrogens is 629 g/mol. The van der Waals surface area contributed by atoms with Crippen LogP contribution in [0.2, 0.25) is 0 Å². The third kappa shape index (κ3) is 16.4. The largest absolute Gasteiger partial charge is 0.463 e. The van der Waals surface area contributed by atoms with Crippen molar-refractivity contribution in [1.82, 2.24) is 9.99 Å². The Morgan fingerprint density at radius 1 is 0.804 bits per heavy atom. The summed E-state index contributed by atoms with van der Waals surface area (Å²) in [5.74, 6) is -2.47. The van der Waals surface area contributed by atoms with Crippen LogP contribution in [0, 0.1) is 11.3 Å². The molecule has 46 heavy (non-hydrogen) atoms. The van der Waals surface area contributed by atoms with Crippen LogP contribution in [-0.2, 0) is 61.4 Å². The zero-order valence-electron chi connectivity index (χ0n) is 28.1. The molecule has 0 radical (unpaired) electrons. The van der Waals surface area contributed by atoms with Gasteiger partial charge in [0.25, 0.3) is 8.53 Å². The Morgan fingerprint density at radius 2 is 1.35 bits per heavy atom. The summed E-state index contributed by atoms with van der Waals surface area (Å²) in [6.07, 6.45) is -4.35. The van der Waals surface area contributed by atoms with Crippen LogP contribution in [0.15, 0.2) is 0 Å². The monoisotopic (exact) mass is 679 g/mol. The molecule has 16 nitrogen and oxygen atoms in total. The average Bonchev–Trinajstić information content (AvgIpc) is 2.94. The first-order valence-corrected chi connectivity index (χ1v) is 16.3. The Bertz CT molecular complexity index is 973. The van der Waals surface area contributed by atoms with Gasteiger partial charge in [0.05, 0.1) is 58.7 Å². The zero-order chi connectivity index (χ0) is 34.6. The molecule has 1 saturated heterocycles. The van der Waals surface area contributed by atoms with E-state index in [2.05, 4.69) is 43.8 Å². The fourth-order valence-corrected chi connectivity index (χ4v) is 6.04. The lowest BCUT2D eigenvalue weighted by atomic mass is 9.96. The van der Waals surface area contributed by atoms with Crippen LogP contribution in [0.4, 0.5) is 0 Å². The highest BCUT2D eigenvalue weighted by Crippen LogP contribution is 2.45. The van der Waals surface area contributed by atoms with Gasteiger partial charge in [-0.3, -0.25) is 19.2 Å². The van der Waals surface area contributed by atoms with E-state index in [4.69, 9.17) is 47.5 Å². The van der Waals surface area contributed by atoms with E-state index in [1.54, 1.807) is 0 Å². The van der Waals surface area contributed by atoms with E-state index < -0.39 is 63.0 Å². The minimum Gasteiger partial charge on any atom is -0.463 e. The molecule has 1 amide bonds. The minimum atomic E-state index is -1.35. The number of nitrogens with zero attached hydrogens (tertiary/aromatic N) is 2. The summed E-state index contributed by atoms with van der Waals surface area (Å²) in [6, 6.07) is 1.40. The highest BCUT2D eigenvalue weighted by atomic mass is 31.2. The van der Waals surface area contributed by atoms with Gasteiger partial charge in [-0.25, -0.2) is 4.67 Å². The molecule has 264 valence electrons. The van der Waals surface area contributed by atoms with Crippen LogP contribution >= 0.6 is 8.53 Å². The van der Waals surface area contributed by atoms with E-state index >= 15 is 0 Å². The van der Waals surface area contributed by atoms with Crippen LogP contribution in [0.3, 0.4) is 0 Å². The van der Waals surface area contributed by atoms with Crippen molar-refractivity contribution in [3.63, 3.8) is 0 Å². The van der Waals surface area contributed by atoms with Crippen LogP contribution in [0.25, 0.3) is 0 Å². The van der Waals surface area contributed by atoms with Crippen molar-refractivity contribution in [2.24, 2.45) is 0 Å². The van der Waals surface area contributed by atoms with Gasteiger partial charge in [0, 0.05) is 39.8 Å². The van der Waals surface area contributed by atoms with Gasteiger partial charge in [-0.2, -0.15) is 5.26 Å². The van der Waals surface area contributed by atoms with Crippen LogP contribution in [-0.4, -0.2) is 124 Å². The standard InChI is InChI=1S/C29H50N3O13P/c1-19(2)32(20(3)4)46(41-11-9-10-30)42-17-15-38-13-12-37-14-16-39-29-26(31-21(5)33)28(44-24(8)36)27(43-23(7)35)25(45-29)18-40-22(6)34/h19-20,25-29H,9,11-18H2,1-8H3,(H,31,33)/t25-,26-,27+,28-,29-,46?/m1/s1. The summed E-state index contributed by atoms with van der Waals surface area (Å²) >= 11 is 0. The van der Waals surface area contributed by atoms with Gasteiger partial charge in [0.2, 0.25) is 5.91 Å². The first kappa shape index (κ1) is 41.5. The summed E-state index contributed by atoms with van der Waals surface area (Å²) < 4.78 is 52.8. The van der Waals surface area contributed by atoms with Crippen LogP contribution in [0.1, 0.15) is 61.8 Å². The van der Waals surface area contributed by atoms with E-state index in [1.807, 2.05) is 0 Å². The number of carbonyl (C=O) groups is 4. The first-order chi connectivity index (χ1) is 21.8. The summed E-state index contributed by atoms with van der Waals surface area (Å²) in [6.45, 7) is 14.3. The number of hydrogen-bond donors (Lipinski definition) is 1. The number of ether oxygens (including phenoxy) is 7. The lowest BCUT2D eigenvalue weighted by Gasteiger charge is -2.44. The second kappa shape index (κ2) is 22.9. The molecule has 0 aromatic rings. The van der Waals surface area contributed by atoms with Gasteiger partial charge >= 0.3 is 17.9 Å². The topological polar surface area (TPSA) is 190 Å². The number of carbonyl (C=O) groups excluding carboxylic acids is 4. The van der Waals surface area contributed by atoms with Gasteiger partial charge in [-0.1, -0.05) is 0 Å². The molecule has 1 heterocycles. The molecule has 0 spiro atoms. The fraction of sp³-hybridized carbons (Fsp3) is 0.828. The number of esters is 3. The van der Waals surface area contributed by atoms with E-state index in [-0.39, 0.29) is 58.1 Å². The van der Waals surface area contributed by atoms with Crippen molar-refractivity contribution in [3.05, 3.63) is 0 Å². The molecule has 0 aromatic heterocycles. The molecule has 0 bridgehead atoms. The quantitative estimate of drug-likeness (QED) is 0.0756.